The molecule has 0 saturated heterocycles. The maximum atomic E-state index is 12.4. The van der Waals surface area contributed by atoms with Crippen molar-refractivity contribution in [3.8, 4) is 0 Å². The molecule has 6 nitrogen and oxygen atoms in total. The minimum absolute atomic E-state index is 0.0125. The molecule has 408 valence electrons. The van der Waals surface area contributed by atoms with E-state index in [0.29, 0.717) is 19.4 Å². The van der Waals surface area contributed by atoms with E-state index in [4.69, 9.17) is 4.74 Å². The lowest BCUT2D eigenvalue weighted by molar-refractivity contribution is -0.143. The van der Waals surface area contributed by atoms with Gasteiger partial charge < -0.3 is 20.3 Å². The molecule has 2 unspecified atom stereocenters. The van der Waals surface area contributed by atoms with E-state index in [2.05, 4.69) is 31.3 Å². The molecule has 0 aromatic rings. The Balaban J connectivity index is 3.35. The molecule has 0 fully saturated rings. The standard InChI is InChI=1S/C63H121NO5/c1-3-5-7-9-11-13-15-16-17-18-23-27-30-33-37-41-45-49-53-57-63(68)69-58-54-50-46-42-38-34-31-28-25-22-20-19-21-24-26-29-32-36-40-44-48-52-56-62(67)64-60(59-65)61(66)55-51-47-43-39-35-14-12-10-8-6-4-2/h16-17,51,55,60-61,65-66H,3-15,18-50,52-54,56-59H2,1-2H3,(H,64,67)/b17-16-,55-51+. The Kier molecular flexibility index (Phi) is 57.5. The number of aliphatic hydroxyl groups is 2. The third-order valence-corrected chi connectivity index (χ3v) is 14.5. The number of aliphatic hydroxyl groups excluding tert-OH is 2. The molecule has 0 aromatic carbocycles. The predicted molar refractivity (Wildman–Crippen MR) is 301 cm³/mol. The van der Waals surface area contributed by atoms with Crippen LogP contribution in [0, 0.1) is 0 Å². The van der Waals surface area contributed by atoms with Gasteiger partial charge in [0.2, 0.25) is 5.91 Å². The number of carbonyl (C=O) groups excluding carboxylic acids is 2. The van der Waals surface area contributed by atoms with E-state index in [1.165, 1.54) is 270 Å². The van der Waals surface area contributed by atoms with Gasteiger partial charge in [0.05, 0.1) is 25.4 Å². The monoisotopic (exact) mass is 972 g/mol. The van der Waals surface area contributed by atoms with Gasteiger partial charge in [-0.3, -0.25) is 9.59 Å². The minimum Gasteiger partial charge on any atom is -0.466 e. The SMILES string of the molecule is CCCCCCCC/C=C\CCCCCCCCCCCC(=O)OCCCCCCCCCCCCCCCCCCCCCCCCC(=O)NC(CO)C(O)/C=C/CCCCCCCCCCC. The van der Waals surface area contributed by atoms with Gasteiger partial charge in [0.1, 0.15) is 0 Å². The van der Waals surface area contributed by atoms with Crippen LogP contribution in [0.4, 0.5) is 0 Å². The normalized spacial score (nSPS) is 12.7. The number of allylic oxidation sites excluding steroid dienone is 3. The fourth-order valence-electron chi connectivity index (χ4n) is 9.69. The summed E-state index contributed by atoms with van der Waals surface area (Å²) in [5, 5.41) is 23.0. The Morgan fingerprint density at radius 1 is 0.391 bits per heavy atom. The topological polar surface area (TPSA) is 95.9 Å². The predicted octanol–water partition coefficient (Wildman–Crippen LogP) is 19.4. The van der Waals surface area contributed by atoms with Gasteiger partial charge in [-0.2, -0.15) is 0 Å². The molecule has 0 aliphatic rings. The first-order valence-electron chi connectivity index (χ1n) is 31.1. The smallest absolute Gasteiger partial charge is 0.305 e. The second-order valence-corrected chi connectivity index (χ2v) is 21.4. The van der Waals surface area contributed by atoms with Crippen LogP contribution in [0.15, 0.2) is 24.3 Å². The first-order chi connectivity index (χ1) is 34.0. The Bertz CT molecular complexity index is 1080. The summed E-state index contributed by atoms with van der Waals surface area (Å²) < 4.78 is 5.50. The van der Waals surface area contributed by atoms with Gasteiger partial charge in [-0.1, -0.05) is 295 Å². The molecule has 0 aliphatic carbocycles. The van der Waals surface area contributed by atoms with E-state index < -0.39 is 12.1 Å². The van der Waals surface area contributed by atoms with Crippen molar-refractivity contribution in [1.82, 2.24) is 5.32 Å². The molecule has 0 aromatic heterocycles. The molecule has 0 rings (SSSR count). The van der Waals surface area contributed by atoms with Gasteiger partial charge in [0.25, 0.3) is 0 Å². The fourth-order valence-corrected chi connectivity index (χ4v) is 9.69. The number of amides is 1. The van der Waals surface area contributed by atoms with Gasteiger partial charge in [-0.15, -0.1) is 0 Å². The second-order valence-electron chi connectivity index (χ2n) is 21.4. The molecule has 3 N–H and O–H groups in total. The van der Waals surface area contributed by atoms with Gasteiger partial charge in [-0.05, 0) is 57.8 Å². The number of nitrogens with one attached hydrogen (secondary N) is 1. The molecule has 6 heteroatoms. The molecule has 0 bridgehead atoms. The Labute approximate surface area is 431 Å². The van der Waals surface area contributed by atoms with Crippen molar-refractivity contribution in [2.24, 2.45) is 0 Å². The van der Waals surface area contributed by atoms with Crippen LogP contribution in [0.2, 0.25) is 0 Å². The van der Waals surface area contributed by atoms with E-state index in [-0.39, 0.29) is 18.5 Å². The Morgan fingerprint density at radius 2 is 0.681 bits per heavy atom. The summed E-state index contributed by atoms with van der Waals surface area (Å²) in [5.41, 5.74) is 0. The lowest BCUT2D eigenvalue weighted by atomic mass is 10.0. The molecule has 2 atom stereocenters. The van der Waals surface area contributed by atoms with Crippen LogP contribution >= 0.6 is 0 Å². The Hall–Kier alpha value is -1.66. The lowest BCUT2D eigenvalue weighted by Crippen LogP contribution is -2.45. The quantitative estimate of drug-likeness (QED) is 0.0321. The molecule has 69 heavy (non-hydrogen) atoms. The first-order valence-corrected chi connectivity index (χ1v) is 31.1. The van der Waals surface area contributed by atoms with Crippen LogP contribution in [0.5, 0.6) is 0 Å². The molecule has 0 radical (unpaired) electrons. The summed E-state index contributed by atoms with van der Waals surface area (Å²) >= 11 is 0. The Morgan fingerprint density at radius 3 is 1.03 bits per heavy atom. The number of rotatable bonds is 58. The van der Waals surface area contributed by atoms with Crippen LogP contribution in [-0.2, 0) is 14.3 Å². The van der Waals surface area contributed by atoms with E-state index in [1.54, 1.807) is 6.08 Å². The maximum Gasteiger partial charge on any atom is 0.305 e. The van der Waals surface area contributed by atoms with Crippen molar-refractivity contribution < 1.29 is 24.5 Å². The van der Waals surface area contributed by atoms with Crippen LogP contribution in [0.25, 0.3) is 0 Å². The van der Waals surface area contributed by atoms with E-state index in [1.807, 2.05) is 6.08 Å². The van der Waals surface area contributed by atoms with Gasteiger partial charge in [0.15, 0.2) is 0 Å². The van der Waals surface area contributed by atoms with Crippen molar-refractivity contribution in [3.05, 3.63) is 24.3 Å². The third-order valence-electron chi connectivity index (χ3n) is 14.5. The van der Waals surface area contributed by atoms with Crippen LogP contribution < -0.4 is 5.32 Å². The fraction of sp³-hybridized carbons (Fsp3) is 0.905. The molecule has 0 saturated carbocycles. The zero-order valence-corrected chi connectivity index (χ0v) is 46.6. The number of esters is 1. The van der Waals surface area contributed by atoms with E-state index in [9.17, 15) is 19.8 Å². The summed E-state index contributed by atoms with van der Waals surface area (Å²) in [7, 11) is 0. The number of hydrogen-bond acceptors (Lipinski definition) is 5. The molecule has 0 aliphatic heterocycles. The summed E-state index contributed by atoms with van der Waals surface area (Å²) in [6, 6.07) is -0.626. The van der Waals surface area contributed by atoms with Crippen LogP contribution in [-0.4, -0.2) is 47.4 Å². The molecule has 1 amide bonds. The highest BCUT2D eigenvalue weighted by Crippen LogP contribution is 2.18. The average molecular weight is 973 g/mol. The summed E-state index contributed by atoms with van der Waals surface area (Å²) in [6.45, 7) is 4.90. The van der Waals surface area contributed by atoms with Gasteiger partial charge in [-0.25, -0.2) is 0 Å². The maximum absolute atomic E-state index is 12.4. The van der Waals surface area contributed by atoms with E-state index in [0.717, 1.165) is 44.9 Å². The van der Waals surface area contributed by atoms with Crippen molar-refractivity contribution in [1.29, 1.82) is 0 Å². The number of unbranched alkanes of at least 4 members (excludes halogenated alkanes) is 45. The number of ether oxygens (including phenoxy) is 1. The van der Waals surface area contributed by atoms with Crippen molar-refractivity contribution in [2.45, 2.75) is 353 Å². The molecular weight excluding hydrogens is 851 g/mol. The summed E-state index contributed by atoms with van der Waals surface area (Å²) in [6.07, 6.45) is 72.2. The second kappa shape index (κ2) is 58.9. The highest BCUT2D eigenvalue weighted by Gasteiger charge is 2.18. The van der Waals surface area contributed by atoms with Gasteiger partial charge >= 0.3 is 5.97 Å². The molecule has 0 spiro atoms. The highest BCUT2D eigenvalue weighted by molar-refractivity contribution is 5.76. The largest absolute Gasteiger partial charge is 0.466 e. The summed E-state index contributed by atoms with van der Waals surface area (Å²) in [4.78, 5) is 24.5. The zero-order valence-electron chi connectivity index (χ0n) is 46.6. The lowest BCUT2D eigenvalue weighted by Gasteiger charge is -2.20. The van der Waals surface area contributed by atoms with E-state index >= 15 is 0 Å². The van der Waals surface area contributed by atoms with Crippen molar-refractivity contribution >= 4 is 11.9 Å². The molecule has 0 heterocycles. The van der Waals surface area contributed by atoms with Crippen LogP contribution in [0.3, 0.4) is 0 Å². The van der Waals surface area contributed by atoms with Crippen molar-refractivity contribution in [3.63, 3.8) is 0 Å². The summed E-state index contributed by atoms with van der Waals surface area (Å²) in [5.74, 6) is -0.0559. The highest BCUT2D eigenvalue weighted by atomic mass is 16.5. The van der Waals surface area contributed by atoms with Crippen molar-refractivity contribution in [2.75, 3.05) is 13.2 Å². The van der Waals surface area contributed by atoms with Gasteiger partial charge in [0, 0.05) is 12.8 Å². The number of hydrogen-bond donors (Lipinski definition) is 3. The zero-order chi connectivity index (χ0) is 50.0. The van der Waals surface area contributed by atoms with Crippen LogP contribution in [0.1, 0.15) is 341 Å². The average Bonchev–Trinajstić information content (AvgIpc) is 3.35. The first kappa shape index (κ1) is 67.3. The molecular formula is C63H121NO5. The number of carbonyl (C=O) groups is 2. The third kappa shape index (κ3) is 55.5. The minimum atomic E-state index is -0.843.